The maximum atomic E-state index is 10.9. The van der Waals surface area contributed by atoms with Crippen LogP contribution in [0.1, 0.15) is 23.8 Å². The number of nitrogens with one attached hydrogen (secondary N) is 1. The SMILES string of the molecule is COC(=O)CC(O)C(O)c1cn[nH]c1C#N. The van der Waals surface area contributed by atoms with Gasteiger partial charge in [-0.05, 0) is 0 Å². The fourth-order valence-corrected chi connectivity index (χ4v) is 1.18. The zero-order chi connectivity index (χ0) is 12.1. The van der Waals surface area contributed by atoms with Gasteiger partial charge < -0.3 is 14.9 Å². The highest BCUT2D eigenvalue weighted by Gasteiger charge is 2.25. The molecule has 0 saturated heterocycles. The maximum Gasteiger partial charge on any atom is 0.308 e. The van der Waals surface area contributed by atoms with Gasteiger partial charge in [-0.15, -0.1) is 0 Å². The van der Waals surface area contributed by atoms with Crippen LogP contribution in [0.4, 0.5) is 0 Å². The highest BCUT2D eigenvalue weighted by atomic mass is 16.5. The lowest BCUT2D eigenvalue weighted by Gasteiger charge is -2.15. The van der Waals surface area contributed by atoms with E-state index in [9.17, 15) is 15.0 Å². The smallest absolute Gasteiger partial charge is 0.308 e. The van der Waals surface area contributed by atoms with E-state index >= 15 is 0 Å². The fourth-order valence-electron chi connectivity index (χ4n) is 1.18. The summed E-state index contributed by atoms with van der Waals surface area (Å²) in [4.78, 5) is 10.9. The Labute approximate surface area is 91.3 Å². The molecule has 0 aliphatic rings. The first-order chi connectivity index (χ1) is 7.60. The summed E-state index contributed by atoms with van der Waals surface area (Å²) in [6.45, 7) is 0. The monoisotopic (exact) mass is 225 g/mol. The van der Waals surface area contributed by atoms with Crippen LogP contribution in [-0.2, 0) is 9.53 Å². The highest BCUT2D eigenvalue weighted by molar-refractivity contribution is 5.69. The average molecular weight is 225 g/mol. The van der Waals surface area contributed by atoms with E-state index in [1.54, 1.807) is 6.07 Å². The maximum absolute atomic E-state index is 10.9. The summed E-state index contributed by atoms with van der Waals surface area (Å²) in [5, 5.41) is 33.8. The van der Waals surface area contributed by atoms with Crippen LogP contribution in [0.25, 0.3) is 0 Å². The first kappa shape index (κ1) is 12.2. The van der Waals surface area contributed by atoms with Crippen LogP contribution in [0.3, 0.4) is 0 Å². The van der Waals surface area contributed by atoms with Gasteiger partial charge in [-0.3, -0.25) is 9.89 Å². The Balaban J connectivity index is 2.74. The molecule has 1 aromatic rings. The molecule has 16 heavy (non-hydrogen) atoms. The molecule has 2 atom stereocenters. The van der Waals surface area contributed by atoms with Gasteiger partial charge in [-0.2, -0.15) is 10.4 Å². The third kappa shape index (κ3) is 2.56. The van der Waals surface area contributed by atoms with Crippen molar-refractivity contribution in [2.24, 2.45) is 0 Å². The Hall–Kier alpha value is -1.91. The predicted molar refractivity (Wildman–Crippen MR) is 50.9 cm³/mol. The van der Waals surface area contributed by atoms with Crippen molar-refractivity contribution >= 4 is 5.97 Å². The molecule has 0 amide bonds. The quantitative estimate of drug-likeness (QED) is 0.579. The minimum Gasteiger partial charge on any atom is -0.469 e. The van der Waals surface area contributed by atoms with Crippen LogP contribution in [0, 0.1) is 11.3 Å². The number of hydrogen-bond donors (Lipinski definition) is 3. The molecule has 3 N–H and O–H groups in total. The highest BCUT2D eigenvalue weighted by Crippen LogP contribution is 2.20. The first-order valence-electron chi connectivity index (χ1n) is 4.46. The van der Waals surface area contributed by atoms with E-state index in [0.29, 0.717) is 0 Å². The van der Waals surface area contributed by atoms with Crippen LogP contribution in [0.5, 0.6) is 0 Å². The summed E-state index contributed by atoms with van der Waals surface area (Å²) in [5.41, 5.74) is 0.204. The van der Waals surface area contributed by atoms with E-state index in [4.69, 9.17) is 5.26 Å². The summed E-state index contributed by atoms with van der Waals surface area (Å²) in [5.74, 6) is -0.645. The number of aliphatic hydroxyl groups is 2. The molecular weight excluding hydrogens is 214 g/mol. The van der Waals surface area contributed by atoms with Crippen molar-refractivity contribution in [3.63, 3.8) is 0 Å². The Morgan fingerprint density at radius 3 is 3.00 bits per heavy atom. The standard InChI is InChI=1S/C9H11N3O4/c1-16-8(14)2-7(13)9(15)5-4-11-12-6(5)3-10/h4,7,9,13,15H,2H2,1H3,(H,11,12). The Morgan fingerprint density at radius 2 is 2.44 bits per heavy atom. The number of hydrogen-bond acceptors (Lipinski definition) is 6. The van der Waals surface area contributed by atoms with Gasteiger partial charge >= 0.3 is 5.97 Å². The topological polar surface area (TPSA) is 119 Å². The minimum absolute atomic E-state index is 0.0522. The fraction of sp³-hybridized carbons (Fsp3) is 0.444. The molecule has 86 valence electrons. The zero-order valence-electron chi connectivity index (χ0n) is 8.54. The van der Waals surface area contributed by atoms with Gasteiger partial charge in [0, 0.05) is 5.56 Å². The third-order valence-electron chi connectivity index (χ3n) is 2.07. The van der Waals surface area contributed by atoms with Gasteiger partial charge in [0.1, 0.15) is 17.9 Å². The number of aliphatic hydroxyl groups excluding tert-OH is 2. The lowest BCUT2D eigenvalue weighted by molar-refractivity contribution is -0.144. The van der Waals surface area contributed by atoms with Crippen LogP contribution < -0.4 is 0 Å². The van der Waals surface area contributed by atoms with Gasteiger partial charge in [-0.25, -0.2) is 0 Å². The lowest BCUT2D eigenvalue weighted by atomic mass is 10.0. The summed E-state index contributed by atoms with van der Waals surface area (Å²) in [7, 11) is 1.18. The Morgan fingerprint density at radius 1 is 1.75 bits per heavy atom. The number of aromatic amines is 1. The van der Waals surface area contributed by atoms with Crippen LogP contribution >= 0.6 is 0 Å². The van der Waals surface area contributed by atoms with E-state index in [0.717, 1.165) is 0 Å². The number of carbonyl (C=O) groups excluding carboxylic acids is 1. The second-order valence-corrected chi connectivity index (χ2v) is 3.10. The van der Waals surface area contributed by atoms with Crippen LogP contribution in [-0.4, -0.2) is 39.6 Å². The molecule has 0 aliphatic carbocycles. The summed E-state index contributed by atoms with van der Waals surface area (Å²) >= 11 is 0. The molecule has 7 heteroatoms. The number of esters is 1. The van der Waals surface area contributed by atoms with Gasteiger partial charge in [0.25, 0.3) is 0 Å². The number of ether oxygens (including phenoxy) is 1. The van der Waals surface area contributed by atoms with Gasteiger partial charge in [0.2, 0.25) is 0 Å². The second kappa shape index (κ2) is 5.25. The van der Waals surface area contributed by atoms with Gasteiger partial charge in [-0.1, -0.05) is 0 Å². The van der Waals surface area contributed by atoms with Crippen molar-refractivity contribution in [1.29, 1.82) is 5.26 Å². The summed E-state index contributed by atoms with van der Waals surface area (Å²) < 4.78 is 4.35. The number of H-pyrrole nitrogens is 1. The van der Waals surface area contributed by atoms with Crippen molar-refractivity contribution in [2.45, 2.75) is 18.6 Å². The minimum atomic E-state index is -1.35. The van der Waals surface area contributed by atoms with E-state index < -0.39 is 18.2 Å². The average Bonchev–Trinajstić information content (AvgIpc) is 2.75. The molecule has 1 rings (SSSR count). The van der Waals surface area contributed by atoms with Gasteiger partial charge in [0.05, 0.1) is 25.8 Å². The summed E-state index contributed by atoms with van der Waals surface area (Å²) in [6.07, 6.45) is -1.82. The number of nitrogens with zero attached hydrogens (tertiary/aromatic N) is 2. The normalized spacial score (nSPS) is 13.9. The number of rotatable bonds is 4. The lowest BCUT2D eigenvalue weighted by Crippen LogP contribution is -2.22. The number of carbonyl (C=O) groups is 1. The molecular formula is C9H11N3O4. The second-order valence-electron chi connectivity index (χ2n) is 3.10. The van der Waals surface area contributed by atoms with E-state index in [1.807, 2.05) is 0 Å². The van der Waals surface area contributed by atoms with E-state index in [2.05, 4.69) is 14.9 Å². The van der Waals surface area contributed by atoms with Crippen molar-refractivity contribution < 1.29 is 19.7 Å². The zero-order valence-corrected chi connectivity index (χ0v) is 8.54. The van der Waals surface area contributed by atoms with Crippen LogP contribution in [0.15, 0.2) is 6.20 Å². The number of nitriles is 1. The molecule has 0 fully saturated rings. The molecule has 0 radical (unpaired) electrons. The van der Waals surface area contributed by atoms with Gasteiger partial charge in [0.15, 0.2) is 0 Å². The van der Waals surface area contributed by atoms with Crippen molar-refractivity contribution in [3.8, 4) is 6.07 Å². The first-order valence-corrected chi connectivity index (χ1v) is 4.46. The Bertz CT molecular complexity index is 409. The predicted octanol–water partition coefficient (Wildman–Crippen LogP) is -0.761. The van der Waals surface area contributed by atoms with Crippen molar-refractivity contribution in [3.05, 3.63) is 17.5 Å². The molecule has 0 aromatic carbocycles. The molecule has 0 spiro atoms. The van der Waals surface area contributed by atoms with E-state index in [-0.39, 0.29) is 17.7 Å². The Kier molecular flexibility index (Phi) is 3.99. The third-order valence-corrected chi connectivity index (χ3v) is 2.07. The molecule has 2 unspecified atom stereocenters. The van der Waals surface area contributed by atoms with Crippen LogP contribution in [0.2, 0.25) is 0 Å². The van der Waals surface area contributed by atoms with E-state index in [1.165, 1.54) is 13.3 Å². The molecule has 0 aliphatic heterocycles. The van der Waals surface area contributed by atoms with Crippen molar-refractivity contribution in [2.75, 3.05) is 7.11 Å². The molecule has 1 heterocycles. The van der Waals surface area contributed by atoms with Crippen molar-refractivity contribution in [1.82, 2.24) is 10.2 Å². The largest absolute Gasteiger partial charge is 0.469 e. The molecule has 0 bridgehead atoms. The molecule has 0 saturated carbocycles. The number of methoxy groups -OCH3 is 1. The molecule has 7 nitrogen and oxygen atoms in total. The molecule has 1 aromatic heterocycles. The summed E-state index contributed by atoms with van der Waals surface area (Å²) in [6, 6.07) is 1.77. The number of aromatic nitrogens is 2.